The van der Waals surface area contributed by atoms with Gasteiger partial charge < -0.3 is 5.32 Å². The third-order valence-electron chi connectivity index (χ3n) is 3.97. The summed E-state index contributed by atoms with van der Waals surface area (Å²) in [6.45, 7) is 2.01. The molecular weight excluding hydrogens is 237 g/mol. The normalized spacial score (nSPS) is 21.8. The molecule has 19 heavy (non-hydrogen) atoms. The Kier molecular flexibility index (Phi) is 3.24. The standard InChI is InChI=1S/C17H18FN/c1-12-7-8-15(18)11-17(12)19-16-9-14(10-16)13-5-3-2-4-6-13/h2-8,11,14,16,19H,9-10H2,1H3. The Bertz CT molecular complexity index is 559. The molecule has 0 radical (unpaired) electrons. The Balaban J connectivity index is 1.61. The molecular formula is C17H18FN. The van der Waals surface area contributed by atoms with Gasteiger partial charge in [0.2, 0.25) is 0 Å². The molecule has 0 amide bonds. The van der Waals surface area contributed by atoms with Gasteiger partial charge in [0, 0.05) is 11.7 Å². The van der Waals surface area contributed by atoms with Gasteiger partial charge in [-0.25, -0.2) is 4.39 Å². The van der Waals surface area contributed by atoms with Gasteiger partial charge in [-0.1, -0.05) is 36.4 Å². The molecule has 2 heteroatoms. The van der Waals surface area contributed by atoms with Gasteiger partial charge in [0.05, 0.1) is 0 Å². The average Bonchev–Trinajstić information content (AvgIpc) is 2.38. The smallest absolute Gasteiger partial charge is 0.125 e. The predicted octanol–water partition coefficient (Wildman–Crippen LogP) is 4.49. The molecule has 3 rings (SSSR count). The lowest BCUT2D eigenvalue weighted by atomic mass is 9.76. The number of hydrogen-bond donors (Lipinski definition) is 1. The van der Waals surface area contributed by atoms with Crippen molar-refractivity contribution in [3.05, 3.63) is 65.5 Å². The summed E-state index contributed by atoms with van der Waals surface area (Å²) in [6.07, 6.45) is 2.25. The molecule has 1 N–H and O–H groups in total. The van der Waals surface area contributed by atoms with Gasteiger partial charge in [0.1, 0.15) is 5.82 Å². The number of aryl methyl sites for hydroxylation is 1. The Hall–Kier alpha value is -1.83. The minimum absolute atomic E-state index is 0.174. The van der Waals surface area contributed by atoms with E-state index in [1.165, 1.54) is 11.6 Å². The second-order valence-electron chi connectivity index (χ2n) is 5.38. The average molecular weight is 255 g/mol. The van der Waals surface area contributed by atoms with Crippen LogP contribution in [0.15, 0.2) is 48.5 Å². The number of benzene rings is 2. The van der Waals surface area contributed by atoms with E-state index in [0.29, 0.717) is 12.0 Å². The van der Waals surface area contributed by atoms with Crippen LogP contribution in [0.1, 0.15) is 29.9 Å². The molecule has 0 aliphatic heterocycles. The van der Waals surface area contributed by atoms with Crippen molar-refractivity contribution in [2.75, 3.05) is 5.32 Å². The van der Waals surface area contributed by atoms with E-state index < -0.39 is 0 Å². The van der Waals surface area contributed by atoms with Crippen LogP contribution in [-0.2, 0) is 0 Å². The molecule has 98 valence electrons. The first kappa shape index (κ1) is 12.2. The molecule has 0 aromatic heterocycles. The van der Waals surface area contributed by atoms with E-state index in [4.69, 9.17) is 0 Å². The molecule has 0 spiro atoms. The SMILES string of the molecule is Cc1ccc(F)cc1NC1CC(c2ccccc2)C1. The van der Waals surface area contributed by atoms with E-state index in [2.05, 4.69) is 29.6 Å². The highest BCUT2D eigenvalue weighted by Gasteiger charge is 2.30. The first-order valence-electron chi connectivity index (χ1n) is 6.80. The van der Waals surface area contributed by atoms with Gasteiger partial charge in [-0.3, -0.25) is 0 Å². The fraction of sp³-hybridized carbons (Fsp3) is 0.294. The molecule has 0 bridgehead atoms. The number of halogens is 1. The Labute approximate surface area is 113 Å². The summed E-state index contributed by atoms with van der Waals surface area (Å²) in [5, 5.41) is 3.45. The van der Waals surface area contributed by atoms with E-state index in [1.807, 2.05) is 19.1 Å². The van der Waals surface area contributed by atoms with Gasteiger partial charge in [-0.2, -0.15) is 0 Å². The predicted molar refractivity (Wildman–Crippen MR) is 77.0 cm³/mol. The highest BCUT2D eigenvalue weighted by atomic mass is 19.1. The Morgan fingerprint density at radius 3 is 2.53 bits per heavy atom. The third-order valence-corrected chi connectivity index (χ3v) is 3.97. The Morgan fingerprint density at radius 2 is 1.79 bits per heavy atom. The summed E-state index contributed by atoms with van der Waals surface area (Å²) in [6, 6.07) is 16.0. The number of nitrogens with one attached hydrogen (secondary N) is 1. The lowest BCUT2D eigenvalue weighted by molar-refractivity contribution is 0.374. The van der Waals surface area contributed by atoms with E-state index in [1.54, 1.807) is 6.07 Å². The summed E-state index contributed by atoms with van der Waals surface area (Å²) < 4.78 is 13.2. The molecule has 2 aromatic carbocycles. The first-order chi connectivity index (χ1) is 9.22. The minimum atomic E-state index is -0.174. The van der Waals surface area contributed by atoms with E-state index >= 15 is 0 Å². The van der Waals surface area contributed by atoms with Crippen LogP contribution in [-0.4, -0.2) is 6.04 Å². The topological polar surface area (TPSA) is 12.0 Å². The van der Waals surface area contributed by atoms with Crippen molar-refractivity contribution in [1.82, 2.24) is 0 Å². The van der Waals surface area contributed by atoms with Crippen LogP contribution in [0.5, 0.6) is 0 Å². The van der Waals surface area contributed by atoms with Crippen molar-refractivity contribution < 1.29 is 4.39 Å². The summed E-state index contributed by atoms with van der Waals surface area (Å²) in [7, 11) is 0. The van der Waals surface area contributed by atoms with Gasteiger partial charge >= 0.3 is 0 Å². The van der Waals surface area contributed by atoms with Crippen LogP contribution in [0, 0.1) is 12.7 Å². The van der Waals surface area contributed by atoms with Crippen LogP contribution in [0.25, 0.3) is 0 Å². The molecule has 1 aliphatic carbocycles. The highest BCUT2D eigenvalue weighted by molar-refractivity contribution is 5.52. The first-order valence-corrected chi connectivity index (χ1v) is 6.80. The van der Waals surface area contributed by atoms with Crippen molar-refractivity contribution in [3.8, 4) is 0 Å². The molecule has 0 saturated heterocycles. The van der Waals surface area contributed by atoms with Crippen molar-refractivity contribution in [3.63, 3.8) is 0 Å². The molecule has 1 nitrogen and oxygen atoms in total. The molecule has 1 aliphatic rings. The summed E-state index contributed by atoms with van der Waals surface area (Å²) in [5.41, 5.74) is 3.44. The second-order valence-corrected chi connectivity index (χ2v) is 5.38. The number of anilines is 1. The van der Waals surface area contributed by atoms with Crippen LogP contribution >= 0.6 is 0 Å². The fourth-order valence-electron chi connectivity index (χ4n) is 2.70. The zero-order valence-corrected chi connectivity index (χ0v) is 11.1. The maximum absolute atomic E-state index is 13.2. The maximum atomic E-state index is 13.2. The highest BCUT2D eigenvalue weighted by Crippen LogP contribution is 2.38. The number of hydrogen-bond acceptors (Lipinski definition) is 1. The van der Waals surface area contributed by atoms with Crippen LogP contribution in [0.3, 0.4) is 0 Å². The monoisotopic (exact) mass is 255 g/mol. The van der Waals surface area contributed by atoms with Gasteiger partial charge in [-0.05, 0) is 48.9 Å². The quantitative estimate of drug-likeness (QED) is 0.852. The largest absolute Gasteiger partial charge is 0.382 e. The van der Waals surface area contributed by atoms with Crippen molar-refractivity contribution in [2.24, 2.45) is 0 Å². The number of rotatable bonds is 3. The molecule has 0 unspecified atom stereocenters. The molecule has 0 atom stereocenters. The molecule has 0 heterocycles. The van der Waals surface area contributed by atoms with E-state index in [0.717, 1.165) is 24.1 Å². The molecule has 1 fully saturated rings. The van der Waals surface area contributed by atoms with Crippen LogP contribution in [0.4, 0.5) is 10.1 Å². The summed E-state index contributed by atoms with van der Waals surface area (Å²) in [4.78, 5) is 0. The maximum Gasteiger partial charge on any atom is 0.125 e. The summed E-state index contributed by atoms with van der Waals surface area (Å²) in [5.74, 6) is 0.472. The summed E-state index contributed by atoms with van der Waals surface area (Å²) >= 11 is 0. The van der Waals surface area contributed by atoms with Crippen molar-refractivity contribution in [2.45, 2.75) is 31.7 Å². The molecule has 1 saturated carbocycles. The zero-order chi connectivity index (χ0) is 13.2. The van der Waals surface area contributed by atoms with Crippen molar-refractivity contribution in [1.29, 1.82) is 0 Å². The van der Waals surface area contributed by atoms with Gasteiger partial charge in [0.25, 0.3) is 0 Å². The lowest BCUT2D eigenvalue weighted by Crippen LogP contribution is -2.34. The van der Waals surface area contributed by atoms with Crippen LogP contribution < -0.4 is 5.32 Å². The fourth-order valence-corrected chi connectivity index (χ4v) is 2.70. The van der Waals surface area contributed by atoms with Crippen molar-refractivity contribution >= 4 is 5.69 Å². The minimum Gasteiger partial charge on any atom is -0.382 e. The second kappa shape index (κ2) is 5.04. The van der Waals surface area contributed by atoms with E-state index in [-0.39, 0.29) is 5.82 Å². The van der Waals surface area contributed by atoms with Crippen LogP contribution in [0.2, 0.25) is 0 Å². The van der Waals surface area contributed by atoms with E-state index in [9.17, 15) is 4.39 Å². The third kappa shape index (κ3) is 2.62. The lowest BCUT2D eigenvalue weighted by Gasteiger charge is -2.37. The van der Waals surface area contributed by atoms with Gasteiger partial charge in [-0.15, -0.1) is 0 Å². The zero-order valence-electron chi connectivity index (χ0n) is 11.1. The Morgan fingerprint density at radius 1 is 1.05 bits per heavy atom. The molecule has 2 aromatic rings. The van der Waals surface area contributed by atoms with Gasteiger partial charge in [0.15, 0.2) is 0 Å².